The molecule has 0 aliphatic rings. The summed E-state index contributed by atoms with van der Waals surface area (Å²) in [7, 11) is 1.66. The van der Waals surface area contributed by atoms with Gasteiger partial charge in [0, 0.05) is 17.6 Å². The zero-order chi connectivity index (χ0) is 6.69. The maximum absolute atomic E-state index is 4.95. The largest absolute Gasteiger partial charge is 0.486 e. The Bertz CT molecular complexity index is 166. The van der Waals surface area contributed by atoms with Gasteiger partial charge in [-0.05, 0) is 6.42 Å². The van der Waals surface area contributed by atoms with Gasteiger partial charge in [-0.25, -0.2) is 0 Å². The molecule has 0 N–H and O–H groups in total. The molecular weight excluding hydrogens is 134 g/mol. The molecule has 0 saturated heterocycles. The van der Waals surface area contributed by atoms with Crippen LogP contribution in [-0.4, -0.2) is 11.5 Å². The van der Waals surface area contributed by atoms with Crippen LogP contribution in [0.5, 0.6) is 5.06 Å². The minimum absolute atomic E-state index is 0.895. The summed E-state index contributed by atoms with van der Waals surface area (Å²) in [6.07, 6.45) is 0.986. The van der Waals surface area contributed by atoms with Gasteiger partial charge in [0.15, 0.2) is 5.06 Å². The highest BCUT2D eigenvalue weighted by Crippen LogP contribution is 2.17. The molecule has 1 aromatic rings. The van der Waals surface area contributed by atoms with Crippen LogP contribution in [0.25, 0.3) is 0 Å². The third-order valence-electron chi connectivity index (χ3n) is 1.10. The molecule has 9 heavy (non-hydrogen) atoms. The molecule has 0 radical (unpaired) electrons. The molecule has 0 atom stereocenters. The van der Waals surface area contributed by atoms with Crippen molar-refractivity contribution in [2.24, 2.45) is 0 Å². The highest BCUT2D eigenvalue weighted by atomic mass is 32.1. The molecule has 0 aromatic carbocycles. The molecule has 0 bridgehead atoms. The molecule has 0 aliphatic carbocycles. The van der Waals surface area contributed by atoms with Gasteiger partial charge in [-0.15, -0.1) is 0 Å². The van der Waals surface area contributed by atoms with Gasteiger partial charge in [0.2, 0.25) is 0 Å². The lowest BCUT2D eigenvalue weighted by Crippen LogP contribution is -1.76. The summed E-state index contributed by atoms with van der Waals surface area (Å²) in [6.45, 7) is 2.08. The fraction of sp³-hybridized carbons (Fsp3) is 0.500. The van der Waals surface area contributed by atoms with Gasteiger partial charge < -0.3 is 4.74 Å². The zero-order valence-electron chi connectivity index (χ0n) is 5.55. The van der Waals surface area contributed by atoms with Crippen LogP contribution in [0, 0.1) is 0 Å². The lowest BCUT2D eigenvalue weighted by atomic mass is 10.3. The van der Waals surface area contributed by atoms with E-state index in [1.165, 1.54) is 11.5 Å². The van der Waals surface area contributed by atoms with Gasteiger partial charge in [0.05, 0.1) is 12.8 Å². The van der Waals surface area contributed by atoms with E-state index >= 15 is 0 Å². The Morgan fingerprint density at radius 1 is 1.78 bits per heavy atom. The molecule has 0 spiro atoms. The lowest BCUT2D eigenvalue weighted by molar-refractivity contribution is 0.427. The van der Waals surface area contributed by atoms with Crippen molar-refractivity contribution >= 4 is 11.5 Å². The minimum atomic E-state index is 0.895. The third kappa shape index (κ3) is 1.42. The fourth-order valence-electron chi connectivity index (χ4n) is 0.555. The fourth-order valence-corrected chi connectivity index (χ4v) is 1.21. The predicted octanol–water partition coefficient (Wildman–Crippen LogP) is 1.71. The minimum Gasteiger partial charge on any atom is -0.486 e. The summed E-state index contributed by atoms with van der Waals surface area (Å²) in [5.41, 5.74) is 1.11. The quantitative estimate of drug-likeness (QED) is 0.628. The van der Waals surface area contributed by atoms with Gasteiger partial charge in [0.1, 0.15) is 0 Å². The van der Waals surface area contributed by atoms with Gasteiger partial charge in [-0.2, -0.15) is 4.37 Å². The van der Waals surface area contributed by atoms with Gasteiger partial charge in [-0.3, -0.25) is 0 Å². The molecule has 0 saturated carbocycles. The van der Waals surface area contributed by atoms with Gasteiger partial charge in [-0.1, -0.05) is 6.92 Å². The zero-order valence-corrected chi connectivity index (χ0v) is 6.36. The van der Waals surface area contributed by atoms with Crippen LogP contribution in [-0.2, 0) is 6.42 Å². The molecule has 3 heteroatoms. The Kier molecular flexibility index (Phi) is 2.05. The number of hydrogen-bond acceptors (Lipinski definition) is 3. The summed E-state index contributed by atoms with van der Waals surface area (Å²) in [5.74, 6) is 0. The van der Waals surface area contributed by atoms with Crippen LogP contribution in [0.15, 0.2) is 6.07 Å². The van der Waals surface area contributed by atoms with Crippen molar-refractivity contribution in [2.45, 2.75) is 13.3 Å². The van der Waals surface area contributed by atoms with Crippen molar-refractivity contribution in [3.05, 3.63) is 11.8 Å². The number of methoxy groups -OCH3 is 1. The normalized spacial score (nSPS) is 9.56. The van der Waals surface area contributed by atoms with Crippen molar-refractivity contribution in [2.75, 3.05) is 7.11 Å². The third-order valence-corrected chi connectivity index (χ3v) is 1.89. The lowest BCUT2D eigenvalue weighted by Gasteiger charge is -1.86. The second kappa shape index (κ2) is 2.82. The summed E-state index contributed by atoms with van der Waals surface area (Å²) < 4.78 is 9.07. The van der Waals surface area contributed by atoms with Gasteiger partial charge >= 0.3 is 0 Å². The van der Waals surface area contributed by atoms with Crippen LogP contribution >= 0.6 is 11.5 Å². The monoisotopic (exact) mass is 143 g/mol. The number of nitrogens with zero attached hydrogens (tertiary/aromatic N) is 1. The number of hydrogen-bond donors (Lipinski definition) is 0. The van der Waals surface area contributed by atoms with Crippen LogP contribution < -0.4 is 4.74 Å². The topological polar surface area (TPSA) is 22.1 Å². The Balaban J connectivity index is 2.74. The van der Waals surface area contributed by atoms with E-state index in [0.717, 1.165) is 17.2 Å². The first-order valence-corrected chi connectivity index (χ1v) is 3.63. The van der Waals surface area contributed by atoms with Gasteiger partial charge in [0.25, 0.3) is 0 Å². The summed E-state index contributed by atoms with van der Waals surface area (Å²) in [6, 6.07) is 1.96. The van der Waals surface area contributed by atoms with Crippen molar-refractivity contribution < 1.29 is 4.74 Å². The van der Waals surface area contributed by atoms with Crippen LogP contribution in [0.1, 0.15) is 12.6 Å². The molecule has 0 amide bonds. The summed E-state index contributed by atoms with van der Waals surface area (Å²) in [4.78, 5) is 0. The SMILES string of the molecule is CCc1cc(OC)sn1. The highest BCUT2D eigenvalue weighted by molar-refractivity contribution is 7.07. The van der Waals surface area contributed by atoms with Crippen molar-refractivity contribution in [3.8, 4) is 5.06 Å². The predicted molar refractivity (Wildman–Crippen MR) is 38.0 cm³/mol. The first-order chi connectivity index (χ1) is 4.36. The number of aromatic nitrogens is 1. The van der Waals surface area contributed by atoms with Crippen molar-refractivity contribution in [1.29, 1.82) is 0 Å². The molecule has 50 valence electrons. The molecule has 2 nitrogen and oxygen atoms in total. The number of rotatable bonds is 2. The smallest absolute Gasteiger partial charge is 0.193 e. The second-order valence-corrected chi connectivity index (χ2v) is 2.46. The van der Waals surface area contributed by atoms with E-state index in [4.69, 9.17) is 4.74 Å². The number of ether oxygens (including phenoxy) is 1. The molecule has 0 fully saturated rings. The molecule has 0 unspecified atom stereocenters. The number of aryl methyl sites for hydroxylation is 1. The van der Waals surface area contributed by atoms with E-state index in [1.807, 2.05) is 6.07 Å². The Morgan fingerprint density at radius 2 is 2.56 bits per heavy atom. The Hall–Kier alpha value is -0.570. The maximum Gasteiger partial charge on any atom is 0.193 e. The van der Waals surface area contributed by atoms with E-state index < -0.39 is 0 Å². The average Bonchev–Trinajstić information content (AvgIpc) is 2.34. The molecule has 1 rings (SSSR count). The summed E-state index contributed by atoms with van der Waals surface area (Å²) >= 11 is 1.40. The molecule has 1 heterocycles. The van der Waals surface area contributed by atoms with E-state index in [-0.39, 0.29) is 0 Å². The van der Waals surface area contributed by atoms with Crippen LogP contribution in [0.2, 0.25) is 0 Å². The van der Waals surface area contributed by atoms with Crippen molar-refractivity contribution in [3.63, 3.8) is 0 Å². The maximum atomic E-state index is 4.95. The first-order valence-electron chi connectivity index (χ1n) is 2.86. The van der Waals surface area contributed by atoms with E-state index in [1.54, 1.807) is 7.11 Å². The molecule has 0 aliphatic heterocycles. The average molecular weight is 143 g/mol. The second-order valence-electron chi connectivity index (χ2n) is 1.69. The van der Waals surface area contributed by atoms with Crippen LogP contribution in [0.3, 0.4) is 0 Å². The van der Waals surface area contributed by atoms with E-state index in [2.05, 4.69) is 11.3 Å². The first kappa shape index (κ1) is 6.55. The Morgan fingerprint density at radius 3 is 2.89 bits per heavy atom. The Labute approximate surface area is 58.6 Å². The standard InChI is InChI=1S/C6H9NOS/c1-3-5-4-6(8-2)9-7-5/h4H,3H2,1-2H3. The summed E-state index contributed by atoms with van der Waals surface area (Å²) in [5, 5.41) is 0.895. The highest BCUT2D eigenvalue weighted by Gasteiger charge is 1.96. The molecular formula is C6H9NOS. The van der Waals surface area contributed by atoms with E-state index in [0.29, 0.717) is 0 Å². The van der Waals surface area contributed by atoms with Crippen molar-refractivity contribution in [1.82, 2.24) is 4.37 Å². The molecule has 1 aromatic heterocycles. The van der Waals surface area contributed by atoms with E-state index in [9.17, 15) is 0 Å². The van der Waals surface area contributed by atoms with Crippen LogP contribution in [0.4, 0.5) is 0 Å².